The molecule has 0 saturated heterocycles. The van der Waals surface area contributed by atoms with Crippen LogP contribution in [0.15, 0.2) is 53.4 Å². The average Bonchev–Trinajstić information content (AvgIpc) is 2.65. The van der Waals surface area contributed by atoms with Gasteiger partial charge in [-0.2, -0.15) is 0 Å². The summed E-state index contributed by atoms with van der Waals surface area (Å²) in [5.74, 6) is 0.771. The molecule has 0 saturated carbocycles. The van der Waals surface area contributed by atoms with Crippen LogP contribution < -0.4 is 14.2 Å². The van der Waals surface area contributed by atoms with E-state index in [4.69, 9.17) is 9.47 Å². The molecular formula is C19H25NO5S. The third kappa shape index (κ3) is 5.45. The lowest BCUT2D eigenvalue weighted by Crippen LogP contribution is -2.40. The molecule has 0 amide bonds. The van der Waals surface area contributed by atoms with Gasteiger partial charge >= 0.3 is 0 Å². The summed E-state index contributed by atoms with van der Waals surface area (Å²) in [5, 5.41) is 10.5. The van der Waals surface area contributed by atoms with Gasteiger partial charge in [-0.25, -0.2) is 13.1 Å². The Morgan fingerprint density at radius 3 is 2.31 bits per heavy atom. The lowest BCUT2D eigenvalue weighted by molar-refractivity contribution is 0.0565. The highest BCUT2D eigenvalue weighted by atomic mass is 32.2. The fourth-order valence-electron chi connectivity index (χ4n) is 2.46. The van der Waals surface area contributed by atoms with Gasteiger partial charge < -0.3 is 14.6 Å². The van der Waals surface area contributed by atoms with Crippen molar-refractivity contribution in [1.82, 2.24) is 4.72 Å². The largest absolute Gasteiger partial charge is 0.493 e. The van der Waals surface area contributed by atoms with Crippen LogP contribution in [0.25, 0.3) is 0 Å². The summed E-state index contributed by atoms with van der Waals surface area (Å²) in [6.07, 6.45) is 1.09. The first-order chi connectivity index (χ1) is 12.3. The molecule has 6 nitrogen and oxygen atoms in total. The third-order valence-corrected chi connectivity index (χ3v) is 5.50. The molecule has 142 valence electrons. The predicted molar refractivity (Wildman–Crippen MR) is 100 cm³/mol. The Morgan fingerprint density at radius 1 is 1.04 bits per heavy atom. The minimum absolute atomic E-state index is 0.0500. The van der Waals surface area contributed by atoms with Crippen molar-refractivity contribution in [3.63, 3.8) is 0 Å². The lowest BCUT2D eigenvalue weighted by Gasteiger charge is -2.23. The van der Waals surface area contributed by atoms with Gasteiger partial charge in [0.15, 0.2) is 11.5 Å². The zero-order valence-corrected chi connectivity index (χ0v) is 16.0. The fourth-order valence-corrected chi connectivity index (χ4v) is 3.64. The van der Waals surface area contributed by atoms with Gasteiger partial charge in [-0.05, 0) is 37.5 Å². The zero-order chi connectivity index (χ0) is 19.2. The van der Waals surface area contributed by atoms with E-state index in [2.05, 4.69) is 4.72 Å². The molecule has 0 aromatic heterocycles. The second-order valence-electron chi connectivity index (χ2n) is 6.32. The average molecular weight is 379 g/mol. The summed E-state index contributed by atoms with van der Waals surface area (Å²) >= 11 is 0. The van der Waals surface area contributed by atoms with Crippen molar-refractivity contribution in [3.8, 4) is 11.5 Å². The van der Waals surface area contributed by atoms with Crippen LogP contribution in [0.4, 0.5) is 0 Å². The summed E-state index contributed by atoms with van der Waals surface area (Å²) in [5.41, 5.74) is -0.0741. The van der Waals surface area contributed by atoms with Crippen molar-refractivity contribution >= 4 is 10.0 Å². The van der Waals surface area contributed by atoms with Crippen LogP contribution in [0, 0.1) is 0 Å². The molecule has 2 N–H and O–H groups in total. The first-order valence-corrected chi connectivity index (χ1v) is 9.74. The van der Waals surface area contributed by atoms with Crippen LogP contribution in [-0.4, -0.2) is 39.9 Å². The molecule has 0 aliphatic rings. The molecule has 26 heavy (non-hydrogen) atoms. The molecule has 2 aromatic rings. The molecule has 0 aliphatic heterocycles. The van der Waals surface area contributed by atoms with Gasteiger partial charge in [0.1, 0.15) is 0 Å². The number of nitrogens with one attached hydrogen (secondary N) is 1. The molecule has 0 aliphatic carbocycles. The van der Waals surface area contributed by atoms with Gasteiger partial charge in [-0.15, -0.1) is 0 Å². The maximum Gasteiger partial charge on any atom is 0.240 e. The minimum atomic E-state index is -3.78. The number of aliphatic hydroxyl groups is 1. The van der Waals surface area contributed by atoms with Crippen molar-refractivity contribution in [1.29, 1.82) is 0 Å². The molecule has 0 heterocycles. The predicted octanol–water partition coefficient (Wildman–Crippen LogP) is 2.37. The summed E-state index contributed by atoms with van der Waals surface area (Å²) < 4.78 is 37.7. The number of rotatable bonds is 9. The second-order valence-corrected chi connectivity index (χ2v) is 8.09. The topological polar surface area (TPSA) is 84.9 Å². The van der Waals surface area contributed by atoms with Crippen LogP contribution in [0.5, 0.6) is 11.5 Å². The van der Waals surface area contributed by atoms with Gasteiger partial charge in [0, 0.05) is 12.6 Å². The maximum absolute atomic E-state index is 12.5. The van der Waals surface area contributed by atoms with E-state index in [9.17, 15) is 13.5 Å². The van der Waals surface area contributed by atoms with E-state index in [0.717, 1.165) is 5.56 Å². The zero-order valence-electron chi connectivity index (χ0n) is 15.2. The number of ether oxygens (including phenoxy) is 2. The monoisotopic (exact) mass is 379 g/mol. The van der Waals surface area contributed by atoms with Crippen LogP contribution in [0.2, 0.25) is 0 Å². The first-order valence-electron chi connectivity index (χ1n) is 8.25. The lowest BCUT2D eigenvalue weighted by atomic mass is 9.97. The Balaban J connectivity index is 2.02. The molecule has 1 atom stereocenters. The Morgan fingerprint density at radius 2 is 1.69 bits per heavy atom. The smallest absolute Gasteiger partial charge is 0.240 e. The van der Waals surface area contributed by atoms with Crippen LogP contribution in [-0.2, 0) is 16.4 Å². The molecule has 0 fully saturated rings. The minimum Gasteiger partial charge on any atom is -0.493 e. The number of sulfonamides is 1. The van der Waals surface area contributed by atoms with Crippen molar-refractivity contribution in [2.24, 2.45) is 0 Å². The highest BCUT2D eigenvalue weighted by Gasteiger charge is 2.25. The Kier molecular flexibility index (Phi) is 6.63. The highest BCUT2D eigenvalue weighted by Crippen LogP contribution is 2.29. The quantitative estimate of drug-likeness (QED) is 0.699. The summed E-state index contributed by atoms with van der Waals surface area (Å²) in [6.45, 7) is 1.53. The number of hydrogen-bond acceptors (Lipinski definition) is 5. The fraction of sp³-hybridized carbons (Fsp3) is 0.368. The van der Waals surface area contributed by atoms with Crippen molar-refractivity contribution in [2.75, 3.05) is 20.8 Å². The number of hydrogen-bond donors (Lipinski definition) is 2. The molecule has 0 unspecified atom stereocenters. The van der Waals surface area contributed by atoms with E-state index in [1.54, 1.807) is 6.92 Å². The molecule has 2 rings (SSSR count). The van der Waals surface area contributed by atoms with Gasteiger partial charge in [0.25, 0.3) is 0 Å². The van der Waals surface area contributed by atoms with Gasteiger partial charge in [-0.3, -0.25) is 0 Å². The number of aryl methyl sites for hydroxylation is 1. The van der Waals surface area contributed by atoms with Crippen molar-refractivity contribution < 1.29 is 23.0 Å². The highest BCUT2D eigenvalue weighted by molar-refractivity contribution is 7.89. The standard InChI is InChI=1S/C19H25NO5S/c1-19(21,12-11-15-7-5-4-6-8-15)14-20-26(22,23)16-9-10-17(24-2)18(13-16)25-3/h4-10,13,20-21H,11-12,14H2,1-3H3/t19-/m1/s1. The third-order valence-electron chi connectivity index (χ3n) is 4.10. The van der Waals surface area contributed by atoms with E-state index in [1.165, 1.54) is 32.4 Å². The summed E-state index contributed by atoms with van der Waals surface area (Å²) in [6, 6.07) is 14.1. The van der Waals surface area contributed by atoms with Gasteiger partial charge in [0.2, 0.25) is 10.0 Å². The number of benzene rings is 2. The normalized spacial score (nSPS) is 13.8. The first kappa shape index (κ1) is 20.2. The molecule has 0 radical (unpaired) electrons. The van der Waals surface area contributed by atoms with E-state index in [-0.39, 0.29) is 11.4 Å². The van der Waals surface area contributed by atoms with Crippen molar-refractivity contribution in [3.05, 3.63) is 54.1 Å². The van der Waals surface area contributed by atoms with Crippen LogP contribution in [0.3, 0.4) is 0 Å². The molecule has 2 aromatic carbocycles. The molecular weight excluding hydrogens is 354 g/mol. The molecule has 0 bridgehead atoms. The SMILES string of the molecule is COc1ccc(S(=O)(=O)NC[C@](C)(O)CCc2ccccc2)cc1OC. The van der Waals surface area contributed by atoms with Crippen molar-refractivity contribution in [2.45, 2.75) is 30.3 Å². The second kappa shape index (κ2) is 8.53. The van der Waals surface area contributed by atoms with E-state index >= 15 is 0 Å². The maximum atomic E-state index is 12.5. The Hall–Kier alpha value is -2.09. The van der Waals surface area contributed by atoms with Crippen LogP contribution in [0.1, 0.15) is 18.9 Å². The number of methoxy groups -OCH3 is 2. The summed E-state index contributed by atoms with van der Waals surface area (Å²) in [7, 11) is -0.859. The summed E-state index contributed by atoms with van der Waals surface area (Å²) in [4.78, 5) is 0.0500. The van der Waals surface area contributed by atoms with E-state index in [1.807, 2.05) is 30.3 Å². The Labute approximate surface area is 154 Å². The Bertz CT molecular complexity index is 819. The van der Waals surface area contributed by atoms with Crippen LogP contribution >= 0.6 is 0 Å². The van der Waals surface area contributed by atoms with E-state index < -0.39 is 15.6 Å². The van der Waals surface area contributed by atoms with Gasteiger partial charge in [0.05, 0.1) is 24.7 Å². The van der Waals surface area contributed by atoms with Gasteiger partial charge in [-0.1, -0.05) is 30.3 Å². The molecule has 0 spiro atoms. The molecule has 7 heteroatoms. The van der Waals surface area contributed by atoms with E-state index in [0.29, 0.717) is 24.3 Å².